The number of hydrogen-bond donors (Lipinski definition) is 10. The molecule has 0 aliphatic carbocycles. The van der Waals surface area contributed by atoms with Crippen molar-refractivity contribution in [3.63, 3.8) is 0 Å². The fourth-order valence-corrected chi connectivity index (χ4v) is 4.17. The van der Waals surface area contributed by atoms with Crippen LogP contribution in [0.25, 0.3) is 0 Å². The van der Waals surface area contributed by atoms with Crippen LogP contribution in [0.4, 0.5) is 0 Å². The van der Waals surface area contributed by atoms with E-state index in [9.17, 15) is 50.8 Å². The molecule has 0 aromatic heterocycles. The van der Waals surface area contributed by atoms with Gasteiger partial charge in [-0.1, -0.05) is 0 Å². The topological polar surface area (TPSA) is 257 Å². The zero-order valence-corrected chi connectivity index (χ0v) is 18.7. The summed E-state index contributed by atoms with van der Waals surface area (Å²) in [5.74, 6) is -0.645. The van der Waals surface area contributed by atoms with Crippen LogP contribution >= 0.6 is 0 Å². The minimum absolute atomic E-state index is 0.420. The molecule has 204 valence electrons. The summed E-state index contributed by atoms with van der Waals surface area (Å²) in [6.45, 7) is -0.817. The molecule has 0 aromatic rings. The molecule has 3 heterocycles. The van der Waals surface area contributed by atoms with Gasteiger partial charge in [-0.3, -0.25) is 4.79 Å². The van der Waals surface area contributed by atoms with Gasteiger partial charge in [0.1, 0.15) is 67.1 Å². The molecule has 0 unspecified atom stereocenters. The Morgan fingerprint density at radius 3 is 2.00 bits per heavy atom. The minimum Gasteiger partial charge on any atom is -0.394 e. The number of ether oxygens (including phenoxy) is 5. The monoisotopic (exact) mass is 515 g/mol. The Labute approximate surface area is 199 Å². The summed E-state index contributed by atoms with van der Waals surface area (Å²) in [4.78, 5) is 11.8. The van der Waals surface area contributed by atoms with Gasteiger partial charge in [0, 0.05) is 6.92 Å². The van der Waals surface area contributed by atoms with E-state index >= 15 is 0 Å². The number of rotatable bonds is 7. The van der Waals surface area contributed by atoms with Gasteiger partial charge in [-0.15, -0.1) is 0 Å². The summed E-state index contributed by atoms with van der Waals surface area (Å²) in [6, 6.07) is -1.41. The molecule has 0 bridgehead atoms. The smallest absolute Gasteiger partial charge is 0.217 e. The second-order valence-corrected chi connectivity index (χ2v) is 8.62. The van der Waals surface area contributed by atoms with Gasteiger partial charge in [0.2, 0.25) is 5.91 Å². The summed E-state index contributed by atoms with van der Waals surface area (Å²) < 4.78 is 27.3. The van der Waals surface area contributed by atoms with E-state index < -0.39 is 112 Å². The van der Waals surface area contributed by atoms with Crippen LogP contribution in [0.15, 0.2) is 0 Å². The Kier molecular flexibility index (Phi) is 9.74. The second kappa shape index (κ2) is 12.0. The third-order valence-electron chi connectivity index (χ3n) is 6.10. The summed E-state index contributed by atoms with van der Waals surface area (Å²) in [5, 5.41) is 92.5. The Bertz CT molecular complexity index is 699. The van der Waals surface area contributed by atoms with Crippen LogP contribution in [0, 0.1) is 0 Å². The van der Waals surface area contributed by atoms with Crippen LogP contribution in [0.3, 0.4) is 0 Å². The van der Waals surface area contributed by atoms with Gasteiger partial charge in [-0.2, -0.15) is 0 Å². The highest BCUT2D eigenvalue weighted by Gasteiger charge is 2.53. The van der Waals surface area contributed by atoms with Crippen molar-refractivity contribution in [3.05, 3.63) is 0 Å². The molecular formula is C19H33NO15. The number of amides is 1. The van der Waals surface area contributed by atoms with E-state index in [0.29, 0.717) is 0 Å². The van der Waals surface area contributed by atoms with Crippen molar-refractivity contribution in [2.24, 2.45) is 0 Å². The van der Waals surface area contributed by atoms with Crippen LogP contribution in [0.1, 0.15) is 6.92 Å². The lowest BCUT2D eigenvalue weighted by Crippen LogP contribution is -2.69. The van der Waals surface area contributed by atoms with E-state index in [4.69, 9.17) is 23.7 Å². The maximum Gasteiger partial charge on any atom is 0.217 e. The Morgan fingerprint density at radius 2 is 1.40 bits per heavy atom. The van der Waals surface area contributed by atoms with Crippen LogP contribution in [0.5, 0.6) is 0 Å². The molecular weight excluding hydrogens is 482 g/mol. The molecule has 3 rings (SSSR count). The van der Waals surface area contributed by atoms with Crippen molar-refractivity contribution in [2.45, 2.75) is 92.9 Å². The molecule has 3 saturated heterocycles. The second-order valence-electron chi connectivity index (χ2n) is 8.62. The van der Waals surface area contributed by atoms with Crippen molar-refractivity contribution in [1.82, 2.24) is 5.32 Å². The maximum absolute atomic E-state index is 11.8. The summed E-state index contributed by atoms with van der Waals surface area (Å²) in [6.07, 6.45) is -20.9. The van der Waals surface area contributed by atoms with Crippen LogP contribution < -0.4 is 5.32 Å². The van der Waals surface area contributed by atoms with E-state index in [-0.39, 0.29) is 0 Å². The van der Waals surface area contributed by atoms with E-state index in [1.54, 1.807) is 0 Å². The Morgan fingerprint density at radius 1 is 0.800 bits per heavy atom. The molecule has 16 heteroatoms. The number of nitrogens with one attached hydrogen (secondary N) is 1. The molecule has 35 heavy (non-hydrogen) atoms. The van der Waals surface area contributed by atoms with Crippen molar-refractivity contribution in [1.29, 1.82) is 0 Å². The standard InChI is InChI=1S/C19H33NO15/c1-5(23)20-9-16(35-19-14(29)12(27)11(26)7(2-21)33-19)15(8(3-22)32-17(9)30)34-18-13(28)10(25)6(24)4-31-18/h6-19,21-22,24-30H,2-4H2,1H3,(H,20,23)/t6-,7-,8-,9+,10-,11+,12+,13+,14-,15-,16-,17-,18+,19+/m1/s1. The van der Waals surface area contributed by atoms with Crippen LogP contribution in [0.2, 0.25) is 0 Å². The van der Waals surface area contributed by atoms with Gasteiger partial charge in [0.05, 0.1) is 19.8 Å². The van der Waals surface area contributed by atoms with Gasteiger partial charge in [0.15, 0.2) is 18.9 Å². The van der Waals surface area contributed by atoms with E-state index in [1.165, 1.54) is 0 Å². The molecule has 0 radical (unpaired) electrons. The lowest BCUT2D eigenvalue weighted by atomic mass is 9.94. The molecule has 0 aromatic carbocycles. The molecule has 3 fully saturated rings. The van der Waals surface area contributed by atoms with E-state index in [1.807, 2.05) is 0 Å². The van der Waals surface area contributed by atoms with E-state index in [2.05, 4.69) is 5.32 Å². The Hall–Kier alpha value is -1.09. The highest BCUT2D eigenvalue weighted by molar-refractivity contribution is 5.73. The van der Waals surface area contributed by atoms with Gasteiger partial charge in [-0.25, -0.2) is 0 Å². The first-order chi connectivity index (χ1) is 16.5. The minimum atomic E-state index is -1.85. The molecule has 3 aliphatic heterocycles. The molecule has 0 saturated carbocycles. The highest BCUT2D eigenvalue weighted by Crippen LogP contribution is 2.32. The number of hydrogen-bond acceptors (Lipinski definition) is 15. The zero-order valence-electron chi connectivity index (χ0n) is 18.7. The fourth-order valence-electron chi connectivity index (χ4n) is 4.17. The number of carbonyl (C=O) groups excluding carboxylic acids is 1. The molecule has 3 aliphatic rings. The van der Waals surface area contributed by atoms with Crippen molar-refractivity contribution in [3.8, 4) is 0 Å². The van der Waals surface area contributed by atoms with Gasteiger partial charge < -0.3 is 75.0 Å². The molecule has 1 amide bonds. The van der Waals surface area contributed by atoms with Crippen molar-refractivity contribution < 1.29 is 74.4 Å². The normalized spacial score (nSPS) is 49.0. The Balaban J connectivity index is 1.90. The predicted octanol–water partition coefficient (Wildman–Crippen LogP) is -6.79. The first-order valence-electron chi connectivity index (χ1n) is 11.0. The number of aliphatic hydroxyl groups excluding tert-OH is 9. The lowest BCUT2D eigenvalue weighted by molar-refractivity contribution is -0.365. The predicted molar refractivity (Wildman–Crippen MR) is 107 cm³/mol. The first kappa shape index (κ1) is 28.5. The van der Waals surface area contributed by atoms with Gasteiger partial charge in [-0.05, 0) is 0 Å². The van der Waals surface area contributed by atoms with Crippen molar-refractivity contribution in [2.75, 3.05) is 19.8 Å². The van der Waals surface area contributed by atoms with Crippen molar-refractivity contribution >= 4 is 5.91 Å². The summed E-state index contributed by atoms with van der Waals surface area (Å²) >= 11 is 0. The lowest BCUT2D eigenvalue weighted by Gasteiger charge is -2.49. The van der Waals surface area contributed by atoms with E-state index in [0.717, 1.165) is 6.92 Å². The van der Waals surface area contributed by atoms with Gasteiger partial charge in [0.25, 0.3) is 0 Å². The fraction of sp³-hybridized carbons (Fsp3) is 0.947. The quantitative estimate of drug-likeness (QED) is 0.151. The third kappa shape index (κ3) is 6.08. The molecule has 14 atom stereocenters. The summed E-state index contributed by atoms with van der Waals surface area (Å²) in [7, 11) is 0. The summed E-state index contributed by atoms with van der Waals surface area (Å²) in [5.41, 5.74) is 0. The average molecular weight is 515 g/mol. The zero-order chi connectivity index (χ0) is 26.0. The molecule has 16 nitrogen and oxygen atoms in total. The first-order valence-corrected chi connectivity index (χ1v) is 11.0. The van der Waals surface area contributed by atoms with Gasteiger partial charge >= 0.3 is 0 Å². The average Bonchev–Trinajstić information content (AvgIpc) is 2.82. The van der Waals surface area contributed by atoms with Crippen LogP contribution in [-0.2, 0) is 28.5 Å². The molecule has 0 spiro atoms. The highest BCUT2D eigenvalue weighted by atomic mass is 16.7. The third-order valence-corrected chi connectivity index (χ3v) is 6.10. The van der Waals surface area contributed by atoms with Crippen LogP contribution in [-0.4, -0.2) is 158 Å². The maximum atomic E-state index is 11.8. The SMILES string of the molecule is CC(=O)N[C@H]1[C@@H](O[C@@H]2O[C@H](CO)[C@H](O)[C@H](O)[C@H]2O)[C@H](O[C@@H]2OC[C@@H](O)[C@@H](O)[C@@H]2O)[C@@H](CO)O[C@H]1O. The number of aliphatic hydroxyl groups is 9. The largest absolute Gasteiger partial charge is 0.394 e. The number of carbonyl (C=O) groups is 1. The molecule has 10 N–H and O–H groups in total.